The molecule has 1 aromatic rings. The fourth-order valence-corrected chi connectivity index (χ4v) is 4.49. The first-order valence-corrected chi connectivity index (χ1v) is 10.8. The highest BCUT2D eigenvalue weighted by Gasteiger charge is 2.69. The Bertz CT molecular complexity index is 809. The van der Waals surface area contributed by atoms with Gasteiger partial charge in [-0.1, -0.05) is 17.7 Å². The number of alkyl halides is 3. The molecule has 28 heavy (non-hydrogen) atoms. The first-order chi connectivity index (χ1) is 13.1. The van der Waals surface area contributed by atoms with E-state index in [1.165, 1.54) is 17.0 Å². The van der Waals surface area contributed by atoms with Crippen molar-refractivity contribution >= 4 is 16.0 Å². The molecule has 9 heteroatoms. The monoisotopic (exact) mass is 419 g/mol. The van der Waals surface area contributed by atoms with Crippen molar-refractivity contribution < 1.29 is 30.6 Å². The number of rotatable bonds is 6. The van der Waals surface area contributed by atoms with Crippen LogP contribution in [0.1, 0.15) is 37.7 Å². The molecule has 1 aliphatic heterocycles. The highest BCUT2D eigenvalue weighted by Crippen LogP contribution is 2.58. The van der Waals surface area contributed by atoms with Crippen molar-refractivity contribution in [2.75, 3.05) is 19.7 Å². The largest absolute Gasteiger partial charge is 0.403 e. The second kappa shape index (κ2) is 7.67. The lowest BCUT2D eigenvalue weighted by molar-refractivity contribution is -0.199. The fourth-order valence-electron chi connectivity index (χ4n) is 3.57. The predicted molar refractivity (Wildman–Crippen MR) is 96.0 cm³/mol. The Morgan fingerprint density at radius 3 is 2.25 bits per heavy atom. The van der Waals surface area contributed by atoms with Crippen molar-refractivity contribution in [3.8, 4) is 0 Å². The Morgan fingerprint density at radius 1 is 1.18 bits per heavy atom. The van der Waals surface area contributed by atoms with Crippen LogP contribution in [0.5, 0.6) is 0 Å². The molecule has 2 aliphatic rings. The summed E-state index contributed by atoms with van der Waals surface area (Å²) >= 11 is 0. The van der Waals surface area contributed by atoms with Gasteiger partial charge < -0.3 is 4.90 Å². The number of benzene rings is 1. The zero-order valence-electron chi connectivity index (χ0n) is 15.7. The minimum Gasteiger partial charge on any atom is -0.342 e. The predicted octanol–water partition coefficient (Wildman–Crippen LogP) is 3.67. The number of halogens is 3. The quantitative estimate of drug-likeness (QED) is 0.660. The molecule has 1 heterocycles. The summed E-state index contributed by atoms with van der Waals surface area (Å²) in [7, 11) is -3.82. The summed E-state index contributed by atoms with van der Waals surface area (Å²) in [5, 5.41) is 0. The average molecular weight is 419 g/mol. The summed E-state index contributed by atoms with van der Waals surface area (Å²) in [4.78, 5) is 13.7. The maximum absolute atomic E-state index is 13.1. The molecular formula is C19H24F3NO4S. The summed E-state index contributed by atoms with van der Waals surface area (Å²) in [5.74, 6) is -0.685. The van der Waals surface area contributed by atoms with Crippen molar-refractivity contribution in [1.29, 1.82) is 0 Å². The van der Waals surface area contributed by atoms with Gasteiger partial charge in [-0.2, -0.15) is 21.6 Å². The minimum absolute atomic E-state index is 0.0152. The van der Waals surface area contributed by atoms with Gasteiger partial charge in [0.05, 0.1) is 11.5 Å². The van der Waals surface area contributed by atoms with Crippen LogP contribution >= 0.6 is 0 Å². The Morgan fingerprint density at radius 2 is 1.75 bits per heavy atom. The van der Waals surface area contributed by atoms with Crippen molar-refractivity contribution in [3.63, 3.8) is 0 Å². The van der Waals surface area contributed by atoms with E-state index in [2.05, 4.69) is 0 Å². The number of carbonyl (C=O) groups excluding carboxylic acids is 1. The summed E-state index contributed by atoms with van der Waals surface area (Å²) in [5.41, 5.74) is -1.22. The van der Waals surface area contributed by atoms with Gasteiger partial charge in [0.15, 0.2) is 0 Å². The smallest absolute Gasteiger partial charge is 0.342 e. The molecule has 0 spiro atoms. The van der Waals surface area contributed by atoms with Gasteiger partial charge in [-0.15, -0.1) is 0 Å². The normalized spacial score (nSPS) is 20.2. The first-order valence-electron chi connectivity index (χ1n) is 9.37. The molecule has 0 atom stereocenters. The van der Waals surface area contributed by atoms with E-state index in [4.69, 9.17) is 4.18 Å². The molecule has 1 aromatic carbocycles. The summed E-state index contributed by atoms with van der Waals surface area (Å²) in [6.45, 7) is 2.41. The third kappa shape index (κ3) is 4.35. The second-order valence-corrected chi connectivity index (χ2v) is 9.31. The number of carbonyl (C=O) groups is 1. The van der Waals surface area contributed by atoms with Gasteiger partial charge in [0, 0.05) is 13.1 Å². The van der Waals surface area contributed by atoms with Crippen molar-refractivity contribution in [2.45, 2.75) is 50.1 Å². The van der Waals surface area contributed by atoms with E-state index in [1.54, 1.807) is 12.1 Å². The van der Waals surface area contributed by atoms with Gasteiger partial charge >= 0.3 is 6.18 Å². The van der Waals surface area contributed by atoms with E-state index in [0.29, 0.717) is 19.3 Å². The van der Waals surface area contributed by atoms with Crippen LogP contribution < -0.4 is 0 Å². The molecule has 3 rings (SSSR count). The van der Waals surface area contributed by atoms with Crippen LogP contribution in [0, 0.1) is 18.3 Å². The molecule has 0 unspecified atom stereocenters. The molecule has 0 aromatic heterocycles. The Labute approximate surface area is 163 Å². The molecule has 1 amide bonds. The van der Waals surface area contributed by atoms with E-state index < -0.39 is 27.6 Å². The third-order valence-corrected chi connectivity index (χ3v) is 7.00. The van der Waals surface area contributed by atoms with Crippen LogP contribution in [0.4, 0.5) is 13.2 Å². The van der Waals surface area contributed by atoms with Crippen LogP contribution in [0.3, 0.4) is 0 Å². The maximum atomic E-state index is 13.1. The zero-order valence-corrected chi connectivity index (χ0v) is 16.5. The van der Waals surface area contributed by atoms with E-state index >= 15 is 0 Å². The lowest BCUT2D eigenvalue weighted by atomic mass is 9.92. The summed E-state index contributed by atoms with van der Waals surface area (Å²) in [6.07, 6.45) is -3.15. The number of hydrogen-bond donors (Lipinski definition) is 0. The van der Waals surface area contributed by atoms with E-state index in [0.717, 1.165) is 5.56 Å². The molecule has 0 radical (unpaired) electrons. The molecule has 1 saturated heterocycles. The number of aryl methyl sites for hydroxylation is 1. The minimum atomic E-state index is -4.49. The lowest BCUT2D eigenvalue weighted by Gasteiger charge is -2.34. The van der Waals surface area contributed by atoms with Crippen molar-refractivity contribution in [3.05, 3.63) is 29.8 Å². The lowest BCUT2D eigenvalue weighted by Crippen LogP contribution is -2.47. The maximum Gasteiger partial charge on any atom is 0.403 e. The topological polar surface area (TPSA) is 63.7 Å². The molecule has 5 nitrogen and oxygen atoms in total. The van der Waals surface area contributed by atoms with Crippen LogP contribution in [0.2, 0.25) is 0 Å². The molecule has 156 valence electrons. The zero-order chi connectivity index (χ0) is 20.6. The molecule has 0 bridgehead atoms. The van der Waals surface area contributed by atoms with Crippen LogP contribution in [-0.2, 0) is 19.1 Å². The summed E-state index contributed by atoms with van der Waals surface area (Å²) in [6, 6.07) is 6.36. The molecule has 1 saturated carbocycles. The highest BCUT2D eigenvalue weighted by atomic mass is 32.2. The SMILES string of the molecule is Cc1ccc(S(=O)(=O)OCCC2CCN(C(=O)C3(C(F)(F)F)CC3)CC2)cc1. The van der Waals surface area contributed by atoms with Crippen LogP contribution in [0.15, 0.2) is 29.2 Å². The van der Waals surface area contributed by atoms with E-state index in [-0.39, 0.29) is 43.4 Å². The second-order valence-electron chi connectivity index (χ2n) is 7.69. The molecule has 2 fully saturated rings. The van der Waals surface area contributed by atoms with Gasteiger partial charge in [-0.05, 0) is 57.1 Å². The van der Waals surface area contributed by atoms with Gasteiger partial charge in [-0.3, -0.25) is 8.98 Å². The van der Waals surface area contributed by atoms with Gasteiger partial charge in [0.25, 0.3) is 10.1 Å². The Kier molecular flexibility index (Phi) is 5.78. The average Bonchev–Trinajstić information content (AvgIpc) is 3.44. The fraction of sp³-hybridized carbons (Fsp3) is 0.632. The number of hydrogen-bond acceptors (Lipinski definition) is 4. The Balaban J connectivity index is 1.45. The standard InChI is InChI=1S/C19H24F3NO4S/c1-14-2-4-16(5-3-14)28(25,26)27-13-8-15-6-11-23(12-7-15)17(24)18(9-10-18)19(20,21)22/h2-5,15H,6-13H2,1H3. The third-order valence-electron chi connectivity index (χ3n) is 5.68. The molecule has 1 aliphatic carbocycles. The highest BCUT2D eigenvalue weighted by molar-refractivity contribution is 7.86. The Hall–Kier alpha value is -1.61. The number of amides is 1. The van der Waals surface area contributed by atoms with Gasteiger partial charge in [-0.25, -0.2) is 0 Å². The van der Waals surface area contributed by atoms with Crippen LogP contribution in [-0.4, -0.2) is 45.1 Å². The number of piperidine rings is 1. The van der Waals surface area contributed by atoms with Crippen molar-refractivity contribution in [2.24, 2.45) is 11.3 Å². The molecule has 0 N–H and O–H groups in total. The van der Waals surface area contributed by atoms with Crippen LogP contribution in [0.25, 0.3) is 0 Å². The first kappa shape index (κ1) is 21.1. The molecular weight excluding hydrogens is 395 g/mol. The summed E-state index contributed by atoms with van der Waals surface area (Å²) < 4.78 is 68.7. The van der Waals surface area contributed by atoms with Gasteiger partial charge in [0.1, 0.15) is 5.41 Å². The van der Waals surface area contributed by atoms with E-state index in [9.17, 15) is 26.4 Å². The van der Waals surface area contributed by atoms with Gasteiger partial charge in [0.2, 0.25) is 5.91 Å². The van der Waals surface area contributed by atoms with E-state index in [1.807, 2.05) is 6.92 Å². The number of likely N-dealkylation sites (tertiary alicyclic amines) is 1. The van der Waals surface area contributed by atoms with Crippen molar-refractivity contribution in [1.82, 2.24) is 4.90 Å². The number of nitrogens with zero attached hydrogens (tertiary/aromatic N) is 1.